The van der Waals surface area contributed by atoms with E-state index in [0.717, 1.165) is 24.3 Å². The number of hydrogen-bond donors (Lipinski definition) is 3. The molecule has 1 aromatic carbocycles. The number of amides is 2. The van der Waals surface area contributed by atoms with Gasteiger partial charge in [0.15, 0.2) is 0 Å². The van der Waals surface area contributed by atoms with Gasteiger partial charge in [-0.05, 0) is 31.5 Å². The maximum atomic E-state index is 12.2. The van der Waals surface area contributed by atoms with Gasteiger partial charge in [0, 0.05) is 31.9 Å². The standard InChI is InChI=1S/C15H23N5O/c1-11-4-3-5-13(10-11)18-15(21)20-8-6-19(7-9-20)12(2)14(16)17/h3-5,10,12H,6-9H2,1-2H3,(H3,16,17)(H,18,21). The van der Waals surface area contributed by atoms with Crippen LogP contribution in [0.2, 0.25) is 0 Å². The summed E-state index contributed by atoms with van der Waals surface area (Å²) in [5.74, 6) is 0.174. The Morgan fingerprint density at radius 2 is 2.00 bits per heavy atom. The van der Waals surface area contributed by atoms with Crippen molar-refractivity contribution in [2.75, 3.05) is 31.5 Å². The van der Waals surface area contributed by atoms with E-state index in [1.807, 2.05) is 38.1 Å². The van der Waals surface area contributed by atoms with Crippen LogP contribution in [-0.4, -0.2) is 53.9 Å². The summed E-state index contributed by atoms with van der Waals surface area (Å²) >= 11 is 0. The van der Waals surface area contributed by atoms with Gasteiger partial charge in [-0.1, -0.05) is 12.1 Å². The van der Waals surface area contributed by atoms with Crippen molar-refractivity contribution in [3.63, 3.8) is 0 Å². The lowest BCUT2D eigenvalue weighted by Crippen LogP contribution is -2.54. The van der Waals surface area contributed by atoms with Crippen LogP contribution >= 0.6 is 0 Å². The Morgan fingerprint density at radius 1 is 1.33 bits per heavy atom. The first-order valence-electron chi connectivity index (χ1n) is 7.18. The molecule has 1 saturated heterocycles. The highest BCUT2D eigenvalue weighted by molar-refractivity contribution is 5.89. The van der Waals surface area contributed by atoms with E-state index in [1.54, 1.807) is 4.90 Å². The van der Waals surface area contributed by atoms with Crippen LogP contribution in [0.25, 0.3) is 0 Å². The zero-order valence-corrected chi connectivity index (χ0v) is 12.6. The maximum absolute atomic E-state index is 12.2. The van der Waals surface area contributed by atoms with E-state index in [0.29, 0.717) is 13.1 Å². The molecule has 2 rings (SSSR count). The van der Waals surface area contributed by atoms with Crippen LogP contribution in [-0.2, 0) is 0 Å². The average Bonchev–Trinajstić information content (AvgIpc) is 2.46. The third kappa shape index (κ3) is 3.95. The molecule has 0 spiro atoms. The van der Waals surface area contributed by atoms with Crippen LogP contribution in [0.15, 0.2) is 24.3 Å². The topological polar surface area (TPSA) is 85.5 Å². The Bertz CT molecular complexity index is 523. The number of carbonyl (C=O) groups is 1. The normalized spacial score (nSPS) is 17.3. The Balaban J connectivity index is 1.87. The van der Waals surface area contributed by atoms with Gasteiger partial charge in [0.05, 0.1) is 6.04 Å². The summed E-state index contributed by atoms with van der Waals surface area (Å²) in [6.45, 7) is 6.69. The molecule has 0 bridgehead atoms. The average molecular weight is 289 g/mol. The number of anilines is 1. The molecule has 0 saturated carbocycles. The van der Waals surface area contributed by atoms with Crippen molar-refractivity contribution in [2.45, 2.75) is 19.9 Å². The molecule has 1 atom stereocenters. The van der Waals surface area contributed by atoms with E-state index in [4.69, 9.17) is 11.1 Å². The fraction of sp³-hybridized carbons (Fsp3) is 0.467. The van der Waals surface area contributed by atoms with Gasteiger partial charge in [-0.25, -0.2) is 4.79 Å². The summed E-state index contributed by atoms with van der Waals surface area (Å²) in [5, 5.41) is 10.4. The summed E-state index contributed by atoms with van der Waals surface area (Å²) in [5.41, 5.74) is 7.46. The number of benzene rings is 1. The highest BCUT2D eigenvalue weighted by Gasteiger charge is 2.25. The maximum Gasteiger partial charge on any atom is 0.321 e. The van der Waals surface area contributed by atoms with Gasteiger partial charge < -0.3 is 16.0 Å². The summed E-state index contributed by atoms with van der Waals surface area (Å²) in [6.07, 6.45) is 0. The van der Waals surface area contributed by atoms with Crippen molar-refractivity contribution in [2.24, 2.45) is 5.73 Å². The Kier molecular flexibility index (Phi) is 4.80. The minimum absolute atomic E-state index is 0.0630. The number of rotatable bonds is 3. The summed E-state index contributed by atoms with van der Waals surface area (Å²) < 4.78 is 0. The Hall–Kier alpha value is -2.08. The van der Waals surface area contributed by atoms with Crippen LogP contribution in [0.5, 0.6) is 0 Å². The highest BCUT2D eigenvalue weighted by atomic mass is 16.2. The molecule has 1 aromatic rings. The summed E-state index contributed by atoms with van der Waals surface area (Å²) in [4.78, 5) is 16.1. The number of amidine groups is 1. The van der Waals surface area contributed by atoms with E-state index in [2.05, 4.69) is 10.2 Å². The Labute approximate surface area is 125 Å². The summed E-state index contributed by atoms with van der Waals surface area (Å²) in [6, 6.07) is 7.63. The molecule has 1 heterocycles. The van der Waals surface area contributed by atoms with Gasteiger partial charge >= 0.3 is 6.03 Å². The number of hydrogen-bond acceptors (Lipinski definition) is 3. The molecule has 0 radical (unpaired) electrons. The predicted octanol–water partition coefficient (Wildman–Crippen LogP) is 1.47. The lowest BCUT2D eigenvalue weighted by molar-refractivity contribution is 0.138. The lowest BCUT2D eigenvalue weighted by Gasteiger charge is -2.37. The fourth-order valence-electron chi connectivity index (χ4n) is 2.43. The van der Waals surface area contributed by atoms with Gasteiger partial charge in [-0.3, -0.25) is 10.3 Å². The zero-order chi connectivity index (χ0) is 15.4. The third-order valence-electron chi connectivity index (χ3n) is 3.87. The van der Waals surface area contributed by atoms with Crippen molar-refractivity contribution in [1.29, 1.82) is 5.41 Å². The first-order valence-corrected chi connectivity index (χ1v) is 7.18. The number of nitrogens with one attached hydrogen (secondary N) is 2. The SMILES string of the molecule is Cc1cccc(NC(=O)N2CCN(C(C)C(=N)N)CC2)c1. The van der Waals surface area contributed by atoms with Crippen LogP contribution in [0, 0.1) is 12.3 Å². The molecule has 2 amide bonds. The molecule has 4 N–H and O–H groups in total. The van der Waals surface area contributed by atoms with Crippen molar-refractivity contribution >= 4 is 17.6 Å². The molecular formula is C15H23N5O. The third-order valence-corrected chi connectivity index (χ3v) is 3.87. The molecule has 1 aliphatic heterocycles. The van der Waals surface area contributed by atoms with Crippen LogP contribution in [0.1, 0.15) is 12.5 Å². The molecule has 1 aliphatic rings. The van der Waals surface area contributed by atoms with E-state index >= 15 is 0 Å². The van der Waals surface area contributed by atoms with Gasteiger partial charge in [0.1, 0.15) is 5.84 Å². The zero-order valence-electron chi connectivity index (χ0n) is 12.6. The number of aryl methyl sites for hydroxylation is 1. The van der Waals surface area contributed by atoms with E-state index < -0.39 is 0 Å². The molecule has 6 nitrogen and oxygen atoms in total. The first kappa shape index (κ1) is 15.3. The predicted molar refractivity (Wildman–Crippen MR) is 84.7 cm³/mol. The number of urea groups is 1. The van der Waals surface area contributed by atoms with Crippen molar-refractivity contribution in [3.8, 4) is 0 Å². The molecule has 114 valence electrons. The lowest BCUT2D eigenvalue weighted by atomic mass is 10.2. The number of nitrogens with zero attached hydrogens (tertiary/aromatic N) is 2. The quantitative estimate of drug-likeness (QED) is 0.582. The van der Waals surface area contributed by atoms with Crippen LogP contribution < -0.4 is 11.1 Å². The number of nitrogens with two attached hydrogens (primary N) is 1. The van der Waals surface area contributed by atoms with Gasteiger partial charge in [-0.2, -0.15) is 0 Å². The Morgan fingerprint density at radius 3 is 2.57 bits per heavy atom. The van der Waals surface area contributed by atoms with E-state index in [9.17, 15) is 4.79 Å². The van der Waals surface area contributed by atoms with Crippen LogP contribution in [0.3, 0.4) is 0 Å². The number of piperazine rings is 1. The van der Waals surface area contributed by atoms with E-state index in [-0.39, 0.29) is 17.9 Å². The van der Waals surface area contributed by atoms with Crippen LogP contribution in [0.4, 0.5) is 10.5 Å². The molecule has 21 heavy (non-hydrogen) atoms. The number of carbonyl (C=O) groups excluding carboxylic acids is 1. The van der Waals surface area contributed by atoms with Crippen molar-refractivity contribution in [1.82, 2.24) is 9.80 Å². The molecule has 1 unspecified atom stereocenters. The van der Waals surface area contributed by atoms with E-state index in [1.165, 1.54) is 0 Å². The molecule has 1 fully saturated rings. The highest BCUT2D eigenvalue weighted by Crippen LogP contribution is 2.12. The van der Waals surface area contributed by atoms with Crippen molar-refractivity contribution < 1.29 is 4.79 Å². The van der Waals surface area contributed by atoms with Gasteiger partial charge in [0.25, 0.3) is 0 Å². The summed E-state index contributed by atoms with van der Waals surface area (Å²) in [7, 11) is 0. The molecule has 0 aromatic heterocycles. The first-order chi connectivity index (χ1) is 9.97. The minimum atomic E-state index is -0.0734. The molecule has 0 aliphatic carbocycles. The van der Waals surface area contributed by atoms with Gasteiger partial charge in [-0.15, -0.1) is 0 Å². The minimum Gasteiger partial charge on any atom is -0.386 e. The second-order valence-electron chi connectivity index (χ2n) is 5.45. The second kappa shape index (κ2) is 6.58. The fourth-order valence-corrected chi connectivity index (χ4v) is 2.43. The molecule has 6 heteroatoms. The second-order valence-corrected chi connectivity index (χ2v) is 5.45. The van der Waals surface area contributed by atoms with Crippen molar-refractivity contribution in [3.05, 3.63) is 29.8 Å². The smallest absolute Gasteiger partial charge is 0.321 e. The molecular weight excluding hydrogens is 266 g/mol. The monoisotopic (exact) mass is 289 g/mol. The largest absolute Gasteiger partial charge is 0.386 e. The van der Waals surface area contributed by atoms with Gasteiger partial charge in [0.2, 0.25) is 0 Å².